The molecule has 0 aliphatic rings. The molecule has 130 valence electrons. The molecule has 0 spiro atoms. The van der Waals surface area contributed by atoms with Crippen LogP contribution in [0.5, 0.6) is 0 Å². The van der Waals surface area contributed by atoms with Gasteiger partial charge in [0.2, 0.25) is 0 Å². The zero-order chi connectivity index (χ0) is 18.0. The number of aromatic nitrogens is 3. The SMILES string of the molecule is CCn1c(SC(C)C(=O)c2cc(C)ccc2C)nnc1-c1cccs1. The smallest absolute Gasteiger partial charge is 0.192 e. The van der Waals surface area contributed by atoms with Crippen LogP contribution in [0.1, 0.15) is 35.3 Å². The van der Waals surface area contributed by atoms with Gasteiger partial charge in [-0.2, -0.15) is 0 Å². The lowest BCUT2D eigenvalue weighted by atomic mass is 10.0. The number of benzene rings is 1. The molecule has 1 aromatic carbocycles. The number of hydrogen-bond acceptors (Lipinski definition) is 5. The van der Waals surface area contributed by atoms with Crippen molar-refractivity contribution >= 4 is 28.9 Å². The molecule has 1 unspecified atom stereocenters. The summed E-state index contributed by atoms with van der Waals surface area (Å²) in [6, 6.07) is 10.1. The van der Waals surface area contributed by atoms with E-state index in [1.165, 1.54) is 11.8 Å². The van der Waals surface area contributed by atoms with Crippen molar-refractivity contribution in [2.24, 2.45) is 0 Å². The minimum atomic E-state index is -0.216. The Morgan fingerprint density at radius 3 is 2.76 bits per heavy atom. The van der Waals surface area contributed by atoms with Gasteiger partial charge in [0.15, 0.2) is 16.8 Å². The van der Waals surface area contributed by atoms with E-state index in [1.54, 1.807) is 11.3 Å². The van der Waals surface area contributed by atoms with Crippen molar-refractivity contribution in [1.82, 2.24) is 14.8 Å². The molecule has 2 aromatic heterocycles. The highest BCUT2D eigenvalue weighted by atomic mass is 32.2. The third-order valence-electron chi connectivity index (χ3n) is 4.08. The maximum Gasteiger partial charge on any atom is 0.192 e. The molecule has 0 saturated heterocycles. The molecule has 3 rings (SSSR count). The summed E-state index contributed by atoms with van der Waals surface area (Å²) in [5.41, 5.74) is 2.91. The van der Waals surface area contributed by atoms with Crippen LogP contribution >= 0.6 is 23.1 Å². The third kappa shape index (κ3) is 3.70. The first-order chi connectivity index (χ1) is 12.0. The lowest BCUT2D eigenvalue weighted by Gasteiger charge is -2.13. The molecule has 4 nitrogen and oxygen atoms in total. The molecule has 0 N–H and O–H groups in total. The second-order valence-electron chi connectivity index (χ2n) is 5.97. The molecule has 0 amide bonds. The summed E-state index contributed by atoms with van der Waals surface area (Å²) in [4.78, 5) is 14.0. The van der Waals surface area contributed by atoms with E-state index >= 15 is 0 Å². The van der Waals surface area contributed by atoms with Crippen molar-refractivity contribution in [3.63, 3.8) is 0 Å². The Morgan fingerprint density at radius 2 is 2.08 bits per heavy atom. The summed E-state index contributed by atoms with van der Waals surface area (Å²) in [6.45, 7) is 8.77. The Bertz CT molecular complexity index is 884. The largest absolute Gasteiger partial charge is 0.302 e. The van der Waals surface area contributed by atoms with Crippen molar-refractivity contribution < 1.29 is 4.79 Å². The number of Topliss-reactive ketones (excluding diaryl/α,β-unsaturated/α-hetero) is 1. The standard InChI is InChI=1S/C19H21N3OS2/c1-5-22-18(16-7-6-10-24-16)20-21-19(22)25-14(4)17(23)15-11-12(2)8-9-13(15)3/h6-11,14H,5H2,1-4H3. The number of thioether (sulfide) groups is 1. The average molecular weight is 372 g/mol. The lowest BCUT2D eigenvalue weighted by molar-refractivity contribution is 0.0993. The Labute approximate surface area is 156 Å². The molecule has 0 fully saturated rings. The Balaban J connectivity index is 1.85. The van der Waals surface area contributed by atoms with Crippen LogP contribution in [-0.4, -0.2) is 25.8 Å². The van der Waals surface area contributed by atoms with Gasteiger partial charge in [0.25, 0.3) is 0 Å². The summed E-state index contributed by atoms with van der Waals surface area (Å²) < 4.78 is 2.07. The minimum absolute atomic E-state index is 0.134. The molecule has 0 aliphatic carbocycles. The van der Waals surface area contributed by atoms with Gasteiger partial charge in [-0.25, -0.2) is 0 Å². The monoisotopic (exact) mass is 371 g/mol. The van der Waals surface area contributed by atoms with Crippen molar-refractivity contribution in [2.75, 3.05) is 0 Å². The average Bonchev–Trinajstić information content (AvgIpc) is 3.25. The number of hydrogen-bond donors (Lipinski definition) is 0. The molecular formula is C19H21N3OS2. The normalized spacial score (nSPS) is 12.3. The van der Waals surface area contributed by atoms with Crippen LogP contribution in [0, 0.1) is 13.8 Å². The van der Waals surface area contributed by atoms with Crippen molar-refractivity contribution in [3.8, 4) is 10.7 Å². The van der Waals surface area contributed by atoms with Gasteiger partial charge in [0, 0.05) is 12.1 Å². The van der Waals surface area contributed by atoms with E-state index in [4.69, 9.17) is 0 Å². The fourth-order valence-corrected chi connectivity index (χ4v) is 4.38. The van der Waals surface area contributed by atoms with Gasteiger partial charge in [0.05, 0.1) is 10.1 Å². The number of carbonyl (C=O) groups is 1. The van der Waals surface area contributed by atoms with Crippen molar-refractivity contribution in [1.29, 1.82) is 0 Å². The van der Waals surface area contributed by atoms with Crippen LogP contribution in [0.4, 0.5) is 0 Å². The highest BCUT2D eigenvalue weighted by Crippen LogP contribution is 2.30. The molecule has 3 aromatic rings. The summed E-state index contributed by atoms with van der Waals surface area (Å²) in [5.74, 6) is 1.00. The molecule has 1 atom stereocenters. The summed E-state index contributed by atoms with van der Waals surface area (Å²) in [5, 5.41) is 11.3. The zero-order valence-corrected chi connectivity index (χ0v) is 16.4. The maximum atomic E-state index is 12.9. The molecule has 2 heterocycles. The molecule has 6 heteroatoms. The van der Waals surface area contributed by atoms with E-state index in [0.29, 0.717) is 0 Å². The molecule has 0 bridgehead atoms. The highest BCUT2D eigenvalue weighted by Gasteiger charge is 2.22. The number of nitrogens with zero attached hydrogens (tertiary/aromatic N) is 3. The first-order valence-electron chi connectivity index (χ1n) is 8.26. The summed E-state index contributed by atoms with van der Waals surface area (Å²) in [7, 11) is 0. The van der Waals surface area contributed by atoms with E-state index in [1.807, 2.05) is 56.5 Å². The summed E-state index contributed by atoms with van der Waals surface area (Å²) in [6.07, 6.45) is 0. The fourth-order valence-electron chi connectivity index (χ4n) is 2.68. The number of ketones is 1. The van der Waals surface area contributed by atoms with Gasteiger partial charge in [-0.05, 0) is 50.8 Å². The van der Waals surface area contributed by atoms with Crippen LogP contribution < -0.4 is 0 Å². The minimum Gasteiger partial charge on any atom is -0.302 e. The van der Waals surface area contributed by atoms with Crippen LogP contribution in [0.2, 0.25) is 0 Å². The van der Waals surface area contributed by atoms with Gasteiger partial charge < -0.3 is 4.57 Å². The second kappa shape index (κ2) is 7.54. The van der Waals surface area contributed by atoms with Gasteiger partial charge in [0.1, 0.15) is 0 Å². The van der Waals surface area contributed by atoms with Gasteiger partial charge in [-0.15, -0.1) is 21.5 Å². The van der Waals surface area contributed by atoms with E-state index < -0.39 is 0 Å². The molecular weight excluding hydrogens is 350 g/mol. The van der Waals surface area contributed by atoms with Gasteiger partial charge >= 0.3 is 0 Å². The first kappa shape index (κ1) is 17.9. The predicted molar refractivity (Wildman–Crippen MR) is 105 cm³/mol. The molecule has 0 aliphatic heterocycles. The number of thiophene rings is 1. The second-order valence-corrected chi connectivity index (χ2v) is 8.23. The Kier molecular flexibility index (Phi) is 5.39. The van der Waals surface area contributed by atoms with Crippen LogP contribution in [0.15, 0.2) is 40.9 Å². The fraction of sp³-hybridized carbons (Fsp3) is 0.316. The quantitative estimate of drug-likeness (QED) is 0.451. The highest BCUT2D eigenvalue weighted by molar-refractivity contribution is 8.00. The zero-order valence-electron chi connectivity index (χ0n) is 14.8. The molecule has 0 radical (unpaired) electrons. The van der Waals surface area contributed by atoms with Crippen LogP contribution in [0.25, 0.3) is 10.7 Å². The Hall–Kier alpha value is -1.92. The number of carbonyl (C=O) groups excluding carboxylic acids is 1. The van der Waals surface area contributed by atoms with Gasteiger partial charge in [-0.1, -0.05) is 35.5 Å². The molecule has 0 saturated carbocycles. The van der Waals surface area contributed by atoms with E-state index in [9.17, 15) is 4.79 Å². The van der Waals surface area contributed by atoms with E-state index in [2.05, 4.69) is 21.7 Å². The maximum absolute atomic E-state index is 12.9. The summed E-state index contributed by atoms with van der Waals surface area (Å²) >= 11 is 3.12. The number of rotatable bonds is 6. The van der Waals surface area contributed by atoms with E-state index in [-0.39, 0.29) is 11.0 Å². The van der Waals surface area contributed by atoms with Crippen molar-refractivity contribution in [2.45, 2.75) is 44.6 Å². The van der Waals surface area contributed by atoms with Crippen molar-refractivity contribution in [3.05, 3.63) is 52.4 Å². The van der Waals surface area contributed by atoms with E-state index in [0.717, 1.165) is 39.1 Å². The third-order valence-corrected chi connectivity index (χ3v) is 6.03. The van der Waals surface area contributed by atoms with Gasteiger partial charge in [-0.3, -0.25) is 4.79 Å². The van der Waals surface area contributed by atoms with Crippen LogP contribution in [-0.2, 0) is 6.54 Å². The first-order valence-corrected chi connectivity index (χ1v) is 10.0. The molecule has 25 heavy (non-hydrogen) atoms. The van der Waals surface area contributed by atoms with Crippen LogP contribution in [0.3, 0.4) is 0 Å². The Morgan fingerprint density at radius 1 is 1.28 bits per heavy atom. The topological polar surface area (TPSA) is 47.8 Å². The number of aryl methyl sites for hydroxylation is 2. The lowest BCUT2D eigenvalue weighted by Crippen LogP contribution is -2.16. The predicted octanol–water partition coefficient (Wildman–Crippen LogP) is 5.01.